The fourth-order valence-corrected chi connectivity index (χ4v) is 1.63. The van der Waals surface area contributed by atoms with Crippen LogP contribution in [0.4, 0.5) is 5.69 Å². The summed E-state index contributed by atoms with van der Waals surface area (Å²) in [5, 5.41) is 10.5. The van der Waals surface area contributed by atoms with Gasteiger partial charge in [0.1, 0.15) is 6.29 Å². The van der Waals surface area contributed by atoms with Gasteiger partial charge in [-0.15, -0.1) is 0 Å². The number of carbonyl (C=O) groups excluding carboxylic acids is 3. The molecule has 0 aromatic heterocycles. The number of nitro groups is 1. The normalized spacial score (nSPS) is 13.8. The van der Waals surface area contributed by atoms with Crippen LogP contribution < -0.4 is 0 Å². The van der Waals surface area contributed by atoms with Crippen molar-refractivity contribution in [3.05, 3.63) is 39.4 Å². The van der Waals surface area contributed by atoms with Gasteiger partial charge in [0.15, 0.2) is 0 Å². The maximum absolute atomic E-state index is 11.7. The van der Waals surface area contributed by atoms with Crippen LogP contribution in [0.5, 0.6) is 0 Å². The summed E-state index contributed by atoms with van der Waals surface area (Å²) in [6, 6.07) is 3.41. The van der Waals surface area contributed by atoms with Crippen molar-refractivity contribution in [2.75, 3.05) is 6.54 Å². The van der Waals surface area contributed by atoms with Gasteiger partial charge in [-0.25, -0.2) is 0 Å². The molecule has 0 N–H and O–H groups in total. The molecular formula is C10H6N2O5. The molecule has 0 aliphatic carbocycles. The zero-order chi connectivity index (χ0) is 12.6. The molecule has 1 aromatic rings. The highest BCUT2D eigenvalue weighted by atomic mass is 16.6. The first-order valence-corrected chi connectivity index (χ1v) is 4.64. The molecule has 0 unspecified atom stereocenters. The van der Waals surface area contributed by atoms with Crippen molar-refractivity contribution in [2.24, 2.45) is 0 Å². The number of aldehydes is 1. The van der Waals surface area contributed by atoms with E-state index in [1.807, 2.05) is 0 Å². The van der Waals surface area contributed by atoms with Crippen LogP contribution in [0.1, 0.15) is 20.7 Å². The molecule has 1 aliphatic rings. The predicted molar refractivity (Wildman–Crippen MR) is 54.5 cm³/mol. The molecule has 0 saturated heterocycles. The molecule has 1 heterocycles. The van der Waals surface area contributed by atoms with E-state index in [9.17, 15) is 24.5 Å². The molecule has 1 aliphatic heterocycles. The Bertz CT molecular complexity index is 552. The smallest absolute Gasteiger partial charge is 0.270 e. The van der Waals surface area contributed by atoms with E-state index < -0.39 is 16.7 Å². The lowest BCUT2D eigenvalue weighted by atomic mass is 10.1. The molecule has 0 radical (unpaired) electrons. The van der Waals surface area contributed by atoms with Crippen molar-refractivity contribution in [3.8, 4) is 0 Å². The largest absolute Gasteiger partial charge is 0.301 e. The summed E-state index contributed by atoms with van der Waals surface area (Å²) in [7, 11) is 0. The molecule has 0 saturated carbocycles. The third-order valence-electron chi connectivity index (χ3n) is 2.42. The molecular weight excluding hydrogens is 228 g/mol. The lowest BCUT2D eigenvalue weighted by Crippen LogP contribution is -2.31. The maximum Gasteiger partial charge on any atom is 0.270 e. The van der Waals surface area contributed by atoms with E-state index in [4.69, 9.17) is 0 Å². The highest BCUT2D eigenvalue weighted by molar-refractivity contribution is 6.22. The van der Waals surface area contributed by atoms with Gasteiger partial charge in [-0.3, -0.25) is 24.6 Å². The third-order valence-corrected chi connectivity index (χ3v) is 2.42. The number of amides is 2. The second-order valence-corrected chi connectivity index (χ2v) is 3.37. The molecule has 0 fully saturated rings. The van der Waals surface area contributed by atoms with Crippen LogP contribution in [0.2, 0.25) is 0 Å². The molecule has 7 nitrogen and oxygen atoms in total. The van der Waals surface area contributed by atoms with Crippen LogP contribution in [0.3, 0.4) is 0 Å². The number of hydrogen-bond acceptors (Lipinski definition) is 5. The first-order valence-electron chi connectivity index (χ1n) is 4.64. The van der Waals surface area contributed by atoms with Crippen molar-refractivity contribution in [1.29, 1.82) is 0 Å². The van der Waals surface area contributed by atoms with Crippen LogP contribution in [-0.2, 0) is 4.79 Å². The van der Waals surface area contributed by atoms with Crippen molar-refractivity contribution < 1.29 is 19.3 Å². The molecule has 2 amide bonds. The van der Waals surface area contributed by atoms with E-state index in [2.05, 4.69) is 0 Å². The Morgan fingerprint density at radius 2 is 1.88 bits per heavy atom. The average molecular weight is 234 g/mol. The summed E-state index contributed by atoms with van der Waals surface area (Å²) >= 11 is 0. The molecule has 0 bridgehead atoms. The minimum atomic E-state index is -0.680. The molecule has 7 heteroatoms. The minimum absolute atomic E-state index is 0.0361. The van der Waals surface area contributed by atoms with Gasteiger partial charge in [0.25, 0.3) is 17.5 Å². The number of carbonyl (C=O) groups is 3. The van der Waals surface area contributed by atoms with Crippen molar-refractivity contribution in [3.63, 3.8) is 0 Å². The van der Waals surface area contributed by atoms with E-state index in [0.29, 0.717) is 6.29 Å². The first kappa shape index (κ1) is 10.9. The third kappa shape index (κ3) is 1.57. The number of rotatable bonds is 3. The van der Waals surface area contributed by atoms with Gasteiger partial charge in [-0.05, 0) is 6.07 Å². The van der Waals surface area contributed by atoms with Gasteiger partial charge < -0.3 is 4.79 Å². The standard InChI is InChI=1S/C10H6N2O5/c13-4-3-11-9(14)7-2-1-6(12(16)17)5-8(7)10(11)15/h1-2,4-5H,3H2. The number of nitro benzene ring substituents is 1. The van der Waals surface area contributed by atoms with Gasteiger partial charge in [-0.1, -0.05) is 0 Å². The predicted octanol–water partition coefficient (Wildman–Crippen LogP) is 0.390. The Hall–Kier alpha value is -2.57. The monoisotopic (exact) mass is 234 g/mol. The number of imide groups is 1. The van der Waals surface area contributed by atoms with E-state index in [0.717, 1.165) is 17.0 Å². The van der Waals surface area contributed by atoms with Crippen LogP contribution in [0.25, 0.3) is 0 Å². The van der Waals surface area contributed by atoms with Gasteiger partial charge >= 0.3 is 0 Å². The number of hydrogen-bond donors (Lipinski definition) is 0. The van der Waals surface area contributed by atoms with Crippen molar-refractivity contribution in [1.82, 2.24) is 4.90 Å². The van der Waals surface area contributed by atoms with Crippen LogP contribution >= 0.6 is 0 Å². The first-order chi connectivity index (χ1) is 8.06. The molecule has 86 valence electrons. The lowest BCUT2D eigenvalue weighted by Gasteiger charge is -2.07. The van der Waals surface area contributed by atoms with E-state index >= 15 is 0 Å². The second kappa shape index (κ2) is 3.78. The zero-order valence-corrected chi connectivity index (χ0v) is 8.45. The summed E-state index contributed by atoms with van der Waals surface area (Å²) in [6.45, 7) is -0.347. The van der Waals surface area contributed by atoms with Crippen LogP contribution in [0.15, 0.2) is 18.2 Å². The van der Waals surface area contributed by atoms with E-state index in [1.165, 1.54) is 6.07 Å². The molecule has 17 heavy (non-hydrogen) atoms. The number of fused-ring (bicyclic) bond motifs is 1. The minimum Gasteiger partial charge on any atom is -0.301 e. The average Bonchev–Trinajstić information content (AvgIpc) is 2.54. The topological polar surface area (TPSA) is 97.6 Å². The van der Waals surface area contributed by atoms with Gasteiger partial charge in [-0.2, -0.15) is 0 Å². The quantitative estimate of drug-likeness (QED) is 0.326. The van der Waals surface area contributed by atoms with Crippen molar-refractivity contribution >= 4 is 23.8 Å². The number of non-ortho nitro benzene ring substituents is 1. The van der Waals surface area contributed by atoms with Crippen LogP contribution in [-0.4, -0.2) is 34.5 Å². The molecule has 1 aromatic carbocycles. The Morgan fingerprint density at radius 1 is 1.24 bits per heavy atom. The summed E-state index contributed by atoms with van der Waals surface area (Å²) in [4.78, 5) is 44.3. The fourth-order valence-electron chi connectivity index (χ4n) is 1.63. The Labute approximate surface area is 94.8 Å². The van der Waals surface area contributed by atoms with E-state index in [-0.39, 0.29) is 23.4 Å². The van der Waals surface area contributed by atoms with Crippen LogP contribution in [0, 0.1) is 10.1 Å². The lowest BCUT2D eigenvalue weighted by molar-refractivity contribution is -0.384. The summed E-state index contributed by atoms with van der Waals surface area (Å²) in [5.41, 5.74) is -0.216. The second-order valence-electron chi connectivity index (χ2n) is 3.37. The van der Waals surface area contributed by atoms with Gasteiger partial charge in [0.05, 0.1) is 22.6 Å². The molecule has 2 rings (SSSR count). The van der Waals surface area contributed by atoms with Gasteiger partial charge in [0.2, 0.25) is 0 Å². The van der Waals surface area contributed by atoms with E-state index in [1.54, 1.807) is 0 Å². The zero-order valence-electron chi connectivity index (χ0n) is 8.45. The fraction of sp³-hybridized carbons (Fsp3) is 0.100. The summed E-state index contributed by atoms with van der Waals surface area (Å²) in [6.07, 6.45) is 0.427. The summed E-state index contributed by atoms with van der Waals surface area (Å²) < 4.78 is 0. The Kier molecular flexibility index (Phi) is 2.43. The Morgan fingerprint density at radius 3 is 2.47 bits per heavy atom. The maximum atomic E-state index is 11.7. The summed E-state index contributed by atoms with van der Waals surface area (Å²) in [5.74, 6) is -1.28. The number of nitrogens with zero attached hydrogens (tertiary/aromatic N) is 2. The number of benzene rings is 1. The molecule has 0 atom stereocenters. The Balaban J connectivity index is 2.50. The molecule has 0 spiro atoms. The highest BCUT2D eigenvalue weighted by Gasteiger charge is 2.36. The SMILES string of the molecule is O=CCN1C(=O)c2ccc([N+](=O)[O-])cc2C1=O. The van der Waals surface area contributed by atoms with Gasteiger partial charge in [0, 0.05) is 12.1 Å². The van der Waals surface area contributed by atoms with Crippen molar-refractivity contribution in [2.45, 2.75) is 0 Å². The highest BCUT2D eigenvalue weighted by Crippen LogP contribution is 2.26.